The molecule has 3 heterocycles. The number of aromatic nitrogens is 2. The molecule has 1 saturated heterocycles. The van der Waals surface area contributed by atoms with Crippen LogP contribution in [0.25, 0.3) is 0 Å². The van der Waals surface area contributed by atoms with E-state index in [1.165, 1.54) is 11.1 Å². The van der Waals surface area contributed by atoms with E-state index in [4.69, 9.17) is 0 Å². The Morgan fingerprint density at radius 2 is 1.82 bits per heavy atom. The van der Waals surface area contributed by atoms with Crippen molar-refractivity contribution in [3.05, 3.63) is 53.9 Å². The highest BCUT2D eigenvalue weighted by atomic mass is 16.2. The van der Waals surface area contributed by atoms with E-state index < -0.39 is 0 Å². The number of carbonyl (C=O) groups excluding carboxylic acids is 2. The van der Waals surface area contributed by atoms with E-state index in [0.717, 1.165) is 32.4 Å². The van der Waals surface area contributed by atoms with Crippen LogP contribution >= 0.6 is 0 Å². The lowest BCUT2D eigenvalue weighted by Gasteiger charge is -2.36. The van der Waals surface area contributed by atoms with Crippen LogP contribution in [-0.4, -0.2) is 51.0 Å². The molecule has 1 atom stereocenters. The summed E-state index contributed by atoms with van der Waals surface area (Å²) in [5, 5.41) is 4.18. The third-order valence-corrected chi connectivity index (χ3v) is 6.04. The Balaban J connectivity index is 1.29. The SMILES string of the molecule is CC(Cn1cccn1)C(=O)N1CCC(C(=O)N2CCc3ccccc3C2)CC1. The number of carbonyl (C=O) groups is 2. The predicted molar refractivity (Wildman–Crippen MR) is 106 cm³/mol. The summed E-state index contributed by atoms with van der Waals surface area (Å²) in [5.41, 5.74) is 2.63. The van der Waals surface area contributed by atoms with Crippen molar-refractivity contribution >= 4 is 11.8 Å². The molecule has 28 heavy (non-hydrogen) atoms. The molecular formula is C22H28N4O2. The summed E-state index contributed by atoms with van der Waals surface area (Å²) >= 11 is 0. The van der Waals surface area contributed by atoms with Crippen LogP contribution in [0.1, 0.15) is 30.9 Å². The molecule has 6 nitrogen and oxygen atoms in total. The molecule has 4 rings (SSSR count). The number of hydrogen-bond donors (Lipinski definition) is 0. The molecule has 148 valence electrons. The largest absolute Gasteiger partial charge is 0.342 e. The predicted octanol–water partition coefficient (Wildman–Crippen LogP) is 2.34. The summed E-state index contributed by atoms with van der Waals surface area (Å²) in [6.07, 6.45) is 6.07. The molecule has 1 unspecified atom stereocenters. The number of rotatable bonds is 4. The fourth-order valence-corrected chi connectivity index (χ4v) is 4.37. The minimum absolute atomic E-state index is 0.0377. The van der Waals surface area contributed by atoms with Crippen molar-refractivity contribution in [2.24, 2.45) is 11.8 Å². The van der Waals surface area contributed by atoms with Gasteiger partial charge in [-0.2, -0.15) is 5.10 Å². The molecule has 0 aliphatic carbocycles. The van der Waals surface area contributed by atoms with Crippen molar-refractivity contribution in [2.75, 3.05) is 19.6 Å². The quantitative estimate of drug-likeness (QED) is 0.818. The number of amides is 2. The number of benzene rings is 1. The third-order valence-electron chi connectivity index (χ3n) is 6.04. The minimum Gasteiger partial charge on any atom is -0.342 e. The van der Waals surface area contributed by atoms with Gasteiger partial charge in [0.1, 0.15) is 0 Å². The van der Waals surface area contributed by atoms with Crippen molar-refractivity contribution < 1.29 is 9.59 Å². The second kappa shape index (κ2) is 8.17. The van der Waals surface area contributed by atoms with Crippen LogP contribution in [0.15, 0.2) is 42.7 Å². The second-order valence-electron chi connectivity index (χ2n) is 8.01. The van der Waals surface area contributed by atoms with Gasteiger partial charge >= 0.3 is 0 Å². The van der Waals surface area contributed by atoms with Crippen molar-refractivity contribution in [1.82, 2.24) is 19.6 Å². The van der Waals surface area contributed by atoms with Gasteiger partial charge in [0, 0.05) is 44.5 Å². The average molecular weight is 380 g/mol. The topological polar surface area (TPSA) is 58.4 Å². The summed E-state index contributed by atoms with van der Waals surface area (Å²) in [6.45, 7) is 5.40. The maximum atomic E-state index is 13.0. The fraction of sp³-hybridized carbons (Fsp3) is 0.500. The highest BCUT2D eigenvalue weighted by Gasteiger charge is 2.32. The summed E-state index contributed by atoms with van der Waals surface area (Å²) in [6, 6.07) is 10.3. The Hall–Kier alpha value is -2.63. The molecule has 1 aromatic carbocycles. The Bertz CT molecular complexity index is 825. The molecule has 2 amide bonds. The summed E-state index contributed by atoms with van der Waals surface area (Å²) < 4.78 is 1.80. The Morgan fingerprint density at radius 3 is 2.54 bits per heavy atom. The lowest BCUT2D eigenvalue weighted by molar-refractivity contribution is -0.143. The number of likely N-dealkylation sites (tertiary alicyclic amines) is 1. The first-order chi connectivity index (χ1) is 13.6. The van der Waals surface area contributed by atoms with Crippen LogP contribution in [0.5, 0.6) is 0 Å². The van der Waals surface area contributed by atoms with E-state index in [9.17, 15) is 9.59 Å². The van der Waals surface area contributed by atoms with E-state index in [1.807, 2.05) is 35.1 Å². The molecule has 0 radical (unpaired) electrons. The van der Waals surface area contributed by atoms with Gasteiger partial charge in [-0.3, -0.25) is 14.3 Å². The first-order valence-electron chi connectivity index (χ1n) is 10.2. The molecule has 0 N–H and O–H groups in total. The average Bonchev–Trinajstić information content (AvgIpc) is 3.25. The monoisotopic (exact) mass is 380 g/mol. The van der Waals surface area contributed by atoms with Crippen molar-refractivity contribution in [3.8, 4) is 0 Å². The van der Waals surface area contributed by atoms with Crippen molar-refractivity contribution in [3.63, 3.8) is 0 Å². The van der Waals surface area contributed by atoms with E-state index in [2.05, 4.69) is 23.3 Å². The lowest BCUT2D eigenvalue weighted by Crippen LogP contribution is -2.47. The number of hydrogen-bond acceptors (Lipinski definition) is 3. The fourth-order valence-electron chi connectivity index (χ4n) is 4.37. The lowest BCUT2D eigenvalue weighted by atomic mass is 9.92. The zero-order valence-electron chi connectivity index (χ0n) is 16.5. The highest BCUT2D eigenvalue weighted by molar-refractivity contribution is 5.81. The zero-order chi connectivity index (χ0) is 19.5. The van der Waals surface area contributed by atoms with Crippen LogP contribution in [-0.2, 0) is 29.1 Å². The Labute approximate surface area is 166 Å². The molecular weight excluding hydrogens is 352 g/mol. The zero-order valence-corrected chi connectivity index (χ0v) is 16.5. The molecule has 0 saturated carbocycles. The van der Waals surface area contributed by atoms with Gasteiger partial charge in [0.25, 0.3) is 0 Å². The molecule has 0 spiro atoms. The van der Waals surface area contributed by atoms with Crippen LogP contribution in [0.2, 0.25) is 0 Å². The van der Waals surface area contributed by atoms with Crippen molar-refractivity contribution in [1.29, 1.82) is 0 Å². The molecule has 2 aromatic rings. The van der Waals surface area contributed by atoms with E-state index in [0.29, 0.717) is 19.6 Å². The van der Waals surface area contributed by atoms with Gasteiger partial charge in [0.05, 0.1) is 12.5 Å². The number of piperidine rings is 1. The van der Waals surface area contributed by atoms with Gasteiger partial charge < -0.3 is 9.80 Å². The molecule has 0 bridgehead atoms. The van der Waals surface area contributed by atoms with Crippen LogP contribution in [0, 0.1) is 11.8 Å². The van der Waals surface area contributed by atoms with E-state index >= 15 is 0 Å². The molecule has 6 heteroatoms. The normalized spacial score (nSPS) is 18.6. The van der Waals surface area contributed by atoms with E-state index in [1.54, 1.807) is 10.9 Å². The number of fused-ring (bicyclic) bond motifs is 1. The summed E-state index contributed by atoms with van der Waals surface area (Å²) in [4.78, 5) is 29.6. The van der Waals surface area contributed by atoms with Gasteiger partial charge in [-0.05, 0) is 36.5 Å². The second-order valence-corrected chi connectivity index (χ2v) is 8.01. The van der Waals surface area contributed by atoms with Crippen LogP contribution in [0.3, 0.4) is 0 Å². The number of nitrogens with zero attached hydrogens (tertiary/aromatic N) is 4. The van der Waals surface area contributed by atoms with Gasteiger partial charge in [-0.25, -0.2) is 0 Å². The van der Waals surface area contributed by atoms with E-state index in [-0.39, 0.29) is 23.7 Å². The highest BCUT2D eigenvalue weighted by Crippen LogP contribution is 2.25. The molecule has 2 aliphatic heterocycles. The van der Waals surface area contributed by atoms with Crippen LogP contribution < -0.4 is 0 Å². The third kappa shape index (κ3) is 3.96. The Kier molecular flexibility index (Phi) is 5.46. The van der Waals surface area contributed by atoms with Crippen LogP contribution in [0.4, 0.5) is 0 Å². The molecule has 2 aliphatic rings. The first kappa shape index (κ1) is 18.7. The summed E-state index contributed by atoms with van der Waals surface area (Å²) in [5.74, 6) is 0.348. The molecule has 1 aromatic heterocycles. The molecule has 1 fully saturated rings. The maximum absolute atomic E-state index is 13.0. The van der Waals surface area contributed by atoms with Gasteiger partial charge in [-0.15, -0.1) is 0 Å². The maximum Gasteiger partial charge on any atom is 0.227 e. The minimum atomic E-state index is -0.106. The standard InChI is InChI=1S/C22H28N4O2/c1-17(15-26-11-4-10-23-26)21(27)24-12-8-19(9-13-24)22(28)25-14-7-18-5-2-3-6-20(18)16-25/h2-6,10-11,17,19H,7-9,12-16H2,1H3. The summed E-state index contributed by atoms with van der Waals surface area (Å²) in [7, 11) is 0. The Morgan fingerprint density at radius 1 is 1.07 bits per heavy atom. The first-order valence-corrected chi connectivity index (χ1v) is 10.2. The van der Waals surface area contributed by atoms with Crippen molar-refractivity contribution in [2.45, 2.75) is 39.3 Å². The van der Waals surface area contributed by atoms with Gasteiger partial charge in [-0.1, -0.05) is 31.2 Å². The smallest absolute Gasteiger partial charge is 0.227 e. The van der Waals surface area contributed by atoms with Gasteiger partial charge in [0.2, 0.25) is 11.8 Å². The van der Waals surface area contributed by atoms with Gasteiger partial charge in [0.15, 0.2) is 0 Å².